The minimum absolute atomic E-state index is 0.145. The third-order valence-electron chi connectivity index (χ3n) is 5.19. The van der Waals surface area contributed by atoms with E-state index in [4.69, 9.17) is 18.9 Å². The molecule has 186 valence electrons. The summed E-state index contributed by atoms with van der Waals surface area (Å²) in [5.41, 5.74) is 0. The standard InChI is InChI=1S/C26H36N2O6/c1-19(33-23-13-9-21(31-3)10-14-23)25(29)27-17-7-5-6-8-18-28-26(30)20(2)34-24-15-11-22(32-4)12-16-24/h9-16,19-20H,5-8,17-18H2,1-4H3,(H,27,29)(H,28,30). The highest BCUT2D eigenvalue weighted by molar-refractivity contribution is 5.81. The maximum atomic E-state index is 12.2. The minimum Gasteiger partial charge on any atom is -0.497 e. The Kier molecular flexibility index (Phi) is 11.6. The van der Waals surface area contributed by atoms with Gasteiger partial charge in [-0.2, -0.15) is 0 Å². The molecule has 2 atom stereocenters. The number of amides is 2. The Morgan fingerprint density at radius 3 is 1.26 bits per heavy atom. The topological polar surface area (TPSA) is 95.1 Å². The van der Waals surface area contributed by atoms with Crippen molar-refractivity contribution in [1.82, 2.24) is 10.6 Å². The molecule has 0 fully saturated rings. The fraction of sp³-hybridized carbons (Fsp3) is 0.462. The van der Waals surface area contributed by atoms with E-state index in [0.29, 0.717) is 24.6 Å². The van der Waals surface area contributed by atoms with Gasteiger partial charge in [-0.15, -0.1) is 0 Å². The summed E-state index contributed by atoms with van der Waals surface area (Å²) in [6.45, 7) is 4.63. The highest BCUT2D eigenvalue weighted by Gasteiger charge is 2.15. The molecule has 2 rings (SSSR count). The molecule has 0 radical (unpaired) electrons. The summed E-state index contributed by atoms with van der Waals surface area (Å²) in [7, 11) is 3.20. The lowest BCUT2D eigenvalue weighted by atomic mass is 10.2. The van der Waals surface area contributed by atoms with Crippen LogP contribution in [0.3, 0.4) is 0 Å². The van der Waals surface area contributed by atoms with Crippen molar-refractivity contribution >= 4 is 11.8 Å². The van der Waals surface area contributed by atoms with Crippen LogP contribution in [0.25, 0.3) is 0 Å². The first-order valence-corrected chi connectivity index (χ1v) is 11.6. The Balaban J connectivity index is 1.51. The molecule has 2 aromatic rings. The zero-order valence-corrected chi connectivity index (χ0v) is 20.5. The van der Waals surface area contributed by atoms with Crippen molar-refractivity contribution in [1.29, 1.82) is 0 Å². The molecule has 0 aliphatic rings. The average Bonchev–Trinajstić information content (AvgIpc) is 2.86. The fourth-order valence-corrected chi connectivity index (χ4v) is 3.14. The molecule has 0 saturated carbocycles. The lowest BCUT2D eigenvalue weighted by Crippen LogP contribution is -2.37. The minimum atomic E-state index is -0.578. The third-order valence-corrected chi connectivity index (χ3v) is 5.19. The van der Waals surface area contributed by atoms with Crippen LogP contribution in [0.1, 0.15) is 39.5 Å². The molecule has 34 heavy (non-hydrogen) atoms. The van der Waals surface area contributed by atoms with E-state index in [9.17, 15) is 9.59 Å². The number of methoxy groups -OCH3 is 2. The molecule has 8 heteroatoms. The van der Waals surface area contributed by atoms with E-state index in [-0.39, 0.29) is 11.8 Å². The highest BCUT2D eigenvalue weighted by atomic mass is 16.5. The Morgan fingerprint density at radius 2 is 0.941 bits per heavy atom. The predicted molar refractivity (Wildman–Crippen MR) is 131 cm³/mol. The van der Waals surface area contributed by atoms with E-state index in [1.807, 2.05) is 0 Å². The number of unbranched alkanes of at least 4 members (excludes halogenated alkanes) is 3. The van der Waals surface area contributed by atoms with E-state index in [1.165, 1.54) is 0 Å². The summed E-state index contributed by atoms with van der Waals surface area (Å²) in [6.07, 6.45) is 2.50. The van der Waals surface area contributed by atoms with E-state index in [0.717, 1.165) is 37.2 Å². The molecular weight excluding hydrogens is 436 g/mol. The number of ether oxygens (including phenoxy) is 4. The molecular formula is C26H36N2O6. The van der Waals surface area contributed by atoms with Crippen LogP contribution in [0.4, 0.5) is 0 Å². The molecule has 8 nitrogen and oxygen atoms in total. The molecule has 2 unspecified atom stereocenters. The van der Waals surface area contributed by atoms with Crippen molar-refractivity contribution in [2.45, 2.75) is 51.7 Å². The summed E-state index contributed by atoms with van der Waals surface area (Å²) in [4.78, 5) is 24.4. The van der Waals surface area contributed by atoms with Gasteiger partial charge in [0.05, 0.1) is 14.2 Å². The summed E-state index contributed by atoms with van der Waals surface area (Å²) in [6, 6.07) is 14.2. The first kappa shape index (κ1) is 26.8. The van der Waals surface area contributed by atoms with Crippen LogP contribution in [-0.4, -0.2) is 51.3 Å². The highest BCUT2D eigenvalue weighted by Crippen LogP contribution is 2.19. The SMILES string of the molecule is COc1ccc(OC(C)C(=O)NCCCCCCNC(=O)C(C)Oc2ccc(OC)cc2)cc1. The van der Waals surface area contributed by atoms with Crippen molar-refractivity contribution in [2.24, 2.45) is 0 Å². The lowest BCUT2D eigenvalue weighted by Gasteiger charge is -2.15. The van der Waals surface area contributed by atoms with Crippen molar-refractivity contribution in [3.8, 4) is 23.0 Å². The van der Waals surface area contributed by atoms with Crippen LogP contribution in [0, 0.1) is 0 Å². The molecule has 2 N–H and O–H groups in total. The van der Waals surface area contributed by atoms with Gasteiger partial charge in [-0.25, -0.2) is 0 Å². The second-order valence-electron chi connectivity index (χ2n) is 7.87. The van der Waals surface area contributed by atoms with E-state index in [2.05, 4.69) is 10.6 Å². The maximum absolute atomic E-state index is 12.2. The molecule has 2 amide bonds. The molecule has 0 bridgehead atoms. The van der Waals surface area contributed by atoms with Gasteiger partial charge < -0.3 is 29.6 Å². The van der Waals surface area contributed by atoms with Crippen LogP contribution < -0.4 is 29.6 Å². The number of hydrogen-bond donors (Lipinski definition) is 2. The smallest absolute Gasteiger partial charge is 0.260 e. The van der Waals surface area contributed by atoms with Crippen molar-refractivity contribution in [3.63, 3.8) is 0 Å². The summed E-state index contributed by atoms with van der Waals surface area (Å²) in [5.74, 6) is 2.42. The Morgan fingerprint density at radius 1 is 0.618 bits per heavy atom. The van der Waals surface area contributed by atoms with Crippen molar-refractivity contribution in [3.05, 3.63) is 48.5 Å². The number of carbonyl (C=O) groups is 2. The van der Waals surface area contributed by atoms with Crippen LogP contribution in [0.2, 0.25) is 0 Å². The van der Waals surface area contributed by atoms with Crippen LogP contribution in [0.5, 0.6) is 23.0 Å². The predicted octanol–water partition coefficient (Wildman–Crippen LogP) is 3.73. The van der Waals surface area contributed by atoms with Crippen molar-refractivity contribution in [2.75, 3.05) is 27.3 Å². The van der Waals surface area contributed by atoms with Gasteiger partial charge in [0.25, 0.3) is 11.8 Å². The monoisotopic (exact) mass is 472 g/mol. The lowest BCUT2D eigenvalue weighted by molar-refractivity contribution is -0.128. The molecule has 0 aliphatic heterocycles. The van der Waals surface area contributed by atoms with Crippen LogP contribution >= 0.6 is 0 Å². The molecule has 0 aromatic heterocycles. The Bertz CT molecular complexity index is 796. The second-order valence-corrected chi connectivity index (χ2v) is 7.87. The number of benzene rings is 2. The van der Waals surface area contributed by atoms with Gasteiger partial charge in [0.15, 0.2) is 12.2 Å². The van der Waals surface area contributed by atoms with Gasteiger partial charge in [0, 0.05) is 13.1 Å². The molecule has 2 aromatic carbocycles. The third kappa shape index (κ3) is 9.60. The summed E-state index contributed by atoms with van der Waals surface area (Å²) in [5, 5.41) is 5.79. The zero-order chi connectivity index (χ0) is 24.8. The first-order chi connectivity index (χ1) is 16.4. The number of hydrogen-bond acceptors (Lipinski definition) is 6. The second kappa shape index (κ2) is 14.7. The molecule has 0 aliphatic carbocycles. The maximum Gasteiger partial charge on any atom is 0.260 e. The Labute approximate surface area is 201 Å². The van der Waals surface area contributed by atoms with Gasteiger partial charge in [0.1, 0.15) is 23.0 Å². The van der Waals surface area contributed by atoms with Gasteiger partial charge in [-0.3, -0.25) is 9.59 Å². The van der Waals surface area contributed by atoms with Gasteiger partial charge in [0.2, 0.25) is 0 Å². The Hall–Kier alpha value is -3.42. The normalized spacial score (nSPS) is 12.2. The van der Waals surface area contributed by atoms with E-state index < -0.39 is 12.2 Å². The number of nitrogens with one attached hydrogen (secondary N) is 2. The zero-order valence-electron chi connectivity index (χ0n) is 20.5. The largest absolute Gasteiger partial charge is 0.497 e. The van der Waals surface area contributed by atoms with Gasteiger partial charge in [-0.05, 0) is 75.2 Å². The van der Waals surface area contributed by atoms with Gasteiger partial charge >= 0.3 is 0 Å². The molecule has 0 spiro atoms. The van der Waals surface area contributed by atoms with Crippen LogP contribution in [-0.2, 0) is 9.59 Å². The van der Waals surface area contributed by atoms with Gasteiger partial charge in [-0.1, -0.05) is 12.8 Å². The fourth-order valence-electron chi connectivity index (χ4n) is 3.14. The molecule has 0 heterocycles. The number of rotatable bonds is 15. The average molecular weight is 473 g/mol. The summed E-state index contributed by atoms with van der Waals surface area (Å²) < 4.78 is 21.5. The van der Waals surface area contributed by atoms with E-state index >= 15 is 0 Å². The first-order valence-electron chi connectivity index (χ1n) is 11.6. The number of carbonyl (C=O) groups excluding carboxylic acids is 2. The summed E-state index contributed by atoms with van der Waals surface area (Å²) >= 11 is 0. The van der Waals surface area contributed by atoms with Crippen LogP contribution in [0.15, 0.2) is 48.5 Å². The van der Waals surface area contributed by atoms with Crippen molar-refractivity contribution < 1.29 is 28.5 Å². The quantitative estimate of drug-likeness (QED) is 0.384. The molecule has 0 saturated heterocycles. The van der Waals surface area contributed by atoms with E-state index in [1.54, 1.807) is 76.6 Å².